The lowest BCUT2D eigenvalue weighted by Crippen LogP contribution is -2.45. The molecule has 1 aliphatic rings. The van der Waals surface area contributed by atoms with E-state index in [-0.39, 0.29) is 12.5 Å². The van der Waals surface area contributed by atoms with Crippen LogP contribution in [-0.4, -0.2) is 46.1 Å². The summed E-state index contributed by atoms with van der Waals surface area (Å²) in [5.74, 6) is 0.867. The highest BCUT2D eigenvalue weighted by Crippen LogP contribution is 2.21. The number of hydrogen-bond donors (Lipinski definition) is 2. The van der Waals surface area contributed by atoms with Crippen LogP contribution in [0.3, 0.4) is 0 Å². The van der Waals surface area contributed by atoms with Gasteiger partial charge < -0.3 is 16.0 Å². The molecule has 1 fully saturated rings. The van der Waals surface area contributed by atoms with Gasteiger partial charge in [0, 0.05) is 26.3 Å². The summed E-state index contributed by atoms with van der Waals surface area (Å²) in [6.45, 7) is 6.02. The van der Waals surface area contributed by atoms with E-state index in [1.54, 1.807) is 13.2 Å². The van der Waals surface area contributed by atoms with Gasteiger partial charge in [-0.25, -0.2) is 0 Å². The van der Waals surface area contributed by atoms with E-state index in [1.165, 1.54) is 4.68 Å². The first kappa shape index (κ1) is 15.3. The molecule has 21 heavy (non-hydrogen) atoms. The zero-order valence-corrected chi connectivity index (χ0v) is 12.8. The molecular weight excluding hydrogens is 270 g/mol. The van der Waals surface area contributed by atoms with Crippen LogP contribution in [-0.2, 0) is 11.8 Å². The Hall–Kier alpha value is -2.05. The number of anilines is 1. The molecule has 1 saturated heterocycles. The van der Waals surface area contributed by atoms with Gasteiger partial charge in [0.15, 0.2) is 5.82 Å². The Morgan fingerprint density at radius 2 is 2.00 bits per heavy atom. The third-order valence-corrected chi connectivity index (χ3v) is 3.72. The van der Waals surface area contributed by atoms with Gasteiger partial charge in [-0.05, 0) is 18.3 Å². The van der Waals surface area contributed by atoms with Crippen molar-refractivity contribution in [2.75, 3.05) is 25.0 Å². The summed E-state index contributed by atoms with van der Waals surface area (Å²) in [5.41, 5.74) is 5.58. The van der Waals surface area contributed by atoms with Crippen LogP contribution in [0, 0.1) is 11.8 Å². The number of primary amides is 1. The van der Waals surface area contributed by atoms with E-state index in [9.17, 15) is 9.59 Å². The molecule has 0 bridgehead atoms. The summed E-state index contributed by atoms with van der Waals surface area (Å²) in [6.07, 6.45) is 2.70. The fourth-order valence-electron chi connectivity index (χ4n) is 2.94. The van der Waals surface area contributed by atoms with E-state index in [4.69, 9.17) is 5.73 Å². The highest BCUT2D eigenvalue weighted by Gasteiger charge is 2.25. The molecule has 2 atom stereocenters. The number of nitrogens with zero attached hydrogens (tertiary/aromatic N) is 3. The zero-order chi connectivity index (χ0) is 15.6. The predicted molar refractivity (Wildman–Crippen MR) is 79.7 cm³/mol. The van der Waals surface area contributed by atoms with Crippen LogP contribution in [0.1, 0.15) is 30.6 Å². The second-order valence-corrected chi connectivity index (χ2v) is 6.03. The standard InChI is InChI=1S/C14H23N5O2/c1-9-4-10(2)7-19(6-9)12(20)5-16-14-11(13(15)21)8-18(3)17-14/h8-10H,4-7H2,1-3H3,(H2,15,21)(H,16,17). The summed E-state index contributed by atoms with van der Waals surface area (Å²) < 4.78 is 1.50. The van der Waals surface area contributed by atoms with Crippen molar-refractivity contribution in [1.82, 2.24) is 14.7 Å². The minimum absolute atomic E-state index is 0.0227. The molecule has 116 valence electrons. The summed E-state index contributed by atoms with van der Waals surface area (Å²) in [7, 11) is 1.70. The van der Waals surface area contributed by atoms with Gasteiger partial charge in [-0.1, -0.05) is 13.8 Å². The Bertz CT molecular complexity index is 529. The van der Waals surface area contributed by atoms with Crippen molar-refractivity contribution in [3.8, 4) is 0 Å². The molecule has 0 radical (unpaired) electrons. The molecule has 2 rings (SSSR count). The number of aromatic nitrogens is 2. The van der Waals surface area contributed by atoms with Crippen LogP contribution in [0.5, 0.6) is 0 Å². The molecule has 2 unspecified atom stereocenters. The number of hydrogen-bond acceptors (Lipinski definition) is 4. The number of amides is 2. The van der Waals surface area contributed by atoms with Crippen molar-refractivity contribution in [2.45, 2.75) is 20.3 Å². The fraction of sp³-hybridized carbons (Fsp3) is 0.643. The van der Waals surface area contributed by atoms with Gasteiger partial charge in [-0.3, -0.25) is 14.3 Å². The van der Waals surface area contributed by atoms with Crippen LogP contribution in [0.2, 0.25) is 0 Å². The quantitative estimate of drug-likeness (QED) is 0.842. The summed E-state index contributed by atoms with van der Waals surface area (Å²) in [5, 5.41) is 7.03. The third kappa shape index (κ3) is 3.74. The number of carbonyl (C=O) groups is 2. The van der Waals surface area contributed by atoms with Crippen molar-refractivity contribution < 1.29 is 9.59 Å². The van der Waals surface area contributed by atoms with Crippen LogP contribution in [0.25, 0.3) is 0 Å². The lowest BCUT2D eigenvalue weighted by Gasteiger charge is -2.35. The minimum atomic E-state index is -0.557. The van der Waals surface area contributed by atoms with Crippen molar-refractivity contribution >= 4 is 17.6 Å². The third-order valence-electron chi connectivity index (χ3n) is 3.72. The summed E-state index contributed by atoms with van der Waals surface area (Å²) in [6, 6.07) is 0. The van der Waals surface area contributed by atoms with Crippen LogP contribution in [0.15, 0.2) is 6.20 Å². The van der Waals surface area contributed by atoms with Crippen molar-refractivity contribution in [3.63, 3.8) is 0 Å². The molecule has 7 nitrogen and oxygen atoms in total. The second-order valence-electron chi connectivity index (χ2n) is 6.03. The van der Waals surface area contributed by atoms with Crippen molar-refractivity contribution in [1.29, 1.82) is 0 Å². The number of piperidine rings is 1. The monoisotopic (exact) mass is 293 g/mol. The van der Waals surface area contributed by atoms with E-state index in [0.717, 1.165) is 19.5 Å². The molecule has 0 saturated carbocycles. The predicted octanol–water partition coefficient (Wildman–Crippen LogP) is 0.435. The Morgan fingerprint density at radius 1 is 1.38 bits per heavy atom. The first-order valence-electron chi connectivity index (χ1n) is 7.22. The molecule has 2 amide bonds. The Morgan fingerprint density at radius 3 is 2.57 bits per heavy atom. The van der Waals surface area contributed by atoms with Crippen molar-refractivity contribution in [2.24, 2.45) is 24.6 Å². The molecule has 1 aliphatic heterocycles. The highest BCUT2D eigenvalue weighted by molar-refractivity contribution is 5.97. The number of nitrogens with two attached hydrogens (primary N) is 1. The Labute approximate surface area is 124 Å². The number of carbonyl (C=O) groups excluding carboxylic acids is 2. The lowest BCUT2D eigenvalue weighted by atomic mass is 9.92. The van der Waals surface area contributed by atoms with E-state index >= 15 is 0 Å². The minimum Gasteiger partial charge on any atom is -0.365 e. The van der Waals surface area contributed by atoms with Gasteiger partial charge in [0.05, 0.1) is 6.54 Å². The average molecular weight is 293 g/mol. The van der Waals surface area contributed by atoms with Gasteiger partial charge >= 0.3 is 0 Å². The highest BCUT2D eigenvalue weighted by atomic mass is 16.2. The molecule has 1 aromatic heterocycles. The van der Waals surface area contributed by atoms with E-state index in [2.05, 4.69) is 24.3 Å². The largest absolute Gasteiger partial charge is 0.365 e. The maximum atomic E-state index is 12.3. The Balaban J connectivity index is 1.96. The smallest absolute Gasteiger partial charge is 0.254 e. The topological polar surface area (TPSA) is 93.2 Å². The van der Waals surface area contributed by atoms with Crippen LogP contribution < -0.4 is 11.1 Å². The molecule has 7 heteroatoms. The molecular formula is C14H23N5O2. The van der Waals surface area contributed by atoms with Gasteiger partial charge in [-0.15, -0.1) is 0 Å². The fourth-order valence-corrected chi connectivity index (χ4v) is 2.94. The van der Waals surface area contributed by atoms with E-state index in [0.29, 0.717) is 23.2 Å². The second kappa shape index (κ2) is 6.15. The molecule has 0 aliphatic carbocycles. The molecule has 3 N–H and O–H groups in total. The number of rotatable bonds is 4. The zero-order valence-electron chi connectivity index (χ0n) is 12.8. The molecule has 2 heterocycles. The van der Waals surface area contributed by atoms with Gasteiger partial charge in [0.1, 0.15) is 5.56 Å². The number of likely N-dealkylation sites (tertiary alicyclic amines) is 1. The van der Waals surface area contributed by atoms with E-state index < -0.39 is 5.91 Å². The average Bonchev–Trinajstić information content (AvgIpc) is 2.76. The molecule has 0 spiro atoms. The number of aryl methyl sites for hydroxylation is 1. The van der Waals surface area contributed by atoms with Crippen molar-refractivity contribution in [3.05, 3.63) is 11.8 Å². The van der Waals surface area contributed by atoms with Gasteiger partial charge in [0.25, 0.3) is 5.91 Å². The maximum absolute atomic E-state index is 12.3. The maximum Gasteiger partial charge on any atom is 0.254 e. The molecule has 1 aromatic rings. The van der Waals surface area contributed by atoms with E-state index in [1.807, 2.05) is 4.90 Å². The van der Waals surface area contributed by atoms with Gasteiger partial charge in [-0.2, -0.15) is 5.10 Å². The van der Waals surface area contributed by atoms with Crippen LogP contribution >= 0.6 is 0 Å². The summed E-state index contributed by atoms with van der Waals surface area (Å²) in [4.78, 5) is 25.4. The lowest BCUT2D eigenvalue weighted by molar-refractivity contribution is -0.131. The molecule has 0 aromatic carbocycles. The SMILES string of the molecule is CC1CC(C)CN(C(=O)CNc2nn(C)cc2C(N)=O)C1. The van der Waals surface area contributed by atoms with Gasteiger partial charge in [0.2, 0.25) is 5.91 Å². The Kier molecular flexibility index (Phi) is 4.50. The first-order chi connectivity index (χ1) is 9.86. The summed E-state index contributed by atoms with van der Waals surface area (Å²) >= 11 is 0. The van der Waals surface area contributed by atoms with Crippen LogP contribution in [0.4, 0.5) is 5.82 Å². The normalized spacial score (nSPS) is 22.1. The first-order valence-corrected chi connectivity index (χ1v) is 7.22. The number of nitrogens with one attached hydrogen (secondary N) is 1.